The Kier molecular flexibility index (Phi) is 4.30. The number of nitrogens with zero attached hydrogens (tertiary/aromatic N) is 3. The second kappa shape index (κ2) is 6.90. The van der Waals surface area contributed by atoms with Gasteiger partial charge < -0.3 is 4.90 Å². The van der Waals surface area contributed by atoms with Crippen LogP contribution in [0, 0.1) is 0 Å². The number of alkyl halides is 3. The van der Waals surface area contributed by atoms with Crippen molar-refractivity contribution in [3.8, 4) is 11.1 Å². The monoisotopic (exact) mass is 412 g/mol. The lowest BCUT2D eigenvalue weighted by molar-refractivity contribution is -0.140. The molecule has 2 aromatic carbocycles. The molecule has 1 aliphatic rings. The maximum atomic E-state index is 14.0. The van der Waals surface area contributed by atoms with Gasteiger partial charge in [-0.15, -0.1) is 0 Å². The molecule has 5 nitrogen and oxygen atoms in total. The Labute approximate surface area is 169 Å². The predicted octanol–water partition coefficient (Wildman–Crippen LogP) is 4.85. The van der Waals surface area contributed by atoms with Crippen LogP contribution in [0.3, 0.4) is 0 Å². The summed E-state index contributed by atoms with van der Waals surface area (Å²) >= 11 is 0. The van der Waals surface area contributed by atoms with E-state index < -0.39 is 17.4 Å². The van der Waals surface area contributed by atoms with Gasteiger partial charge in [0.2, 0.25) is 0 Å². The minimum Gasteiger partial charge on any atom is -0.356 e. The molecule has 4 aromatic rings. The quantitative estimate of drug-likeness (QED) is 0.512. The second-order valence-electron chi connectivity index (χ2n) is 7.55. The van der Waals surface area contributed by atoms with Crippen LogP contribution in [0.25, 0.3) is 27.5 Å². The van der Waals surface area contributed by atoms with E-state index in [1.54, 1.807) is 24.3 Å². The van der Waals surface area contributed by atoms with Crippen molar-refractivity contribution in [2.24, 2.45) is 0 Å². The molecule has 0 aliphatic carbocycles. The molecule has 0 radical (unpaired) electrons. The van der Waals surface area contributed by atoms with Gasteiger partial charge in [-0.25, -0.2) is 9.50 Å². The fourth-order valence-corrected chi connectivity index (χ4v) is 4.21. The average Bonchev–Trinajstić information content (AvgIpc) is 3.14. The number of anilines is 1. The van der Waals surface area contributed by atoms with Crippen LogP contribution >= 0.6 is 0 Å². The smallest absolute Gasteiger partial charge is 0.356 e. The van der Waals surface area contributed by atoms with Crippen molar-refractivity contribution < 1.29 is 13.2 Å². The van der Waals surface area contributed by atoms with Crippen LogP contribution in [0.1, 0.15) is 25.0 Å². The lowest BCUT2D eigenvalue weighted by atomic mass is 9.98. The molecule has 1 aliphatic heterocycles. The number of halogens is 3. The van der Waals surface area contributed by atoms with E-state index in [1.165, 1.54) is 6.07 Å². The molecule has 3 heterocycles. The molecule has 0 amide bonds. The van der Waals surface area contributed by atoms with E-state index in [0.29, 0.717) is 16.8 Å². The summed E-state index contributed by atoms with van der Waals surface area (Å²) in [5.41, 5.74) is -1.25. The van der Waals surface area contributed by atoms with E-state index in [1.807, 2.05) is 23.1 Å². The number of fused-ring (bicyclic) bond motifs is 2. The Hall–Kier alpha value is -3.29. The molecular formula is C22H19F3N4O. The minimum absolute atomic E-state index is 0.00764. The maximum absolute atomic E-state index is 14.0. The van der Waals surface area contributed by atoms with Gasteiger partial charge in [0.05, 0.1) is 5.56 Å². The van der Waals surface area contributed by atoms with E-state index in [9.17, 15) is 18.0 Å². The summed E-state index contributed by atoms with van der Waals surface area (Å²) in [5, 5.41) is 3.75. The average molecular weight is 412 g/mol. The molecule has 1 fully saturated rings. The van der Waals surface area contributed by atoms with E-state index >= 15 is 0 Å². The van der Waals surface area contributed by atoms with E-state index in [0.717, 1.165) is 42.3 Å². The van der Waals surface area contributed by atoms with Crippen molar-refractivity contribution in [2.75, 3.05) is 18.0 Å². The number of benzene rings is 2. The molecule has 0 spiro atoms. The number of aromatic amines is 1. The number of hydrogen-bond acceptors (Lipinski definition) is 3. The number of rotatable bonds is 2. The number of aromatic nitrogens is 3. The van der Waals surface area contributed by atoms with Gasteiger partial charge in [0.25, 0.3) is 5.56 Å². The minimum atomic E-state index is -4.67. The lowest BCUT2D eigenvalue weighted by Gasteiger charge is -2.27. The van der Waals surface area contributed by atoms with Crippen molar-refractivity contribution >= 4 is 22.2 Å². The summed E-state index contributed by atoms with van der Waals surface area (Å²) in [7, 11) is 0. The molecule has 1 saturated heterocycles. The molecule has 8 heteroatoms. The van der Waals surface area contributed by atoms with Crippen LogP contribution < -0.4 is 10.5 Å². The molecule has 0 bridgehead atoms. The van der Waals surface area contributed by atoms with E-state index in [2.05, 4.69) is 10.1 Å². The fraction of sp³-hybridized carbons (Fsp3) is 0.273. The van der Waals surface area contributed by atoms with Gasteiger partial charge in [-0.05, 0) is 35.6 Å². The van der Waals surface area contributed by atoms with Gasteiger partial charge >= 0.3 is 6.18 Å². The molecule has 0 atom stereocenters. The summed E-state index contributed by atoms with van der Waals surface area (Å²) in [4.78, 5) is 19.2. The van der Waals surface area contributed by atoms with Crippen LogP contribution in [0.5, 0.6) is 0 Å². The second-order valence-corrected chi connectivity index (χ2v) is 7.55. The molecule has 5 rings (SSSR count). The zero-order chi connectivity index (χ0) is 20.9. The highest BCUT2D eigenvalue weighted by Gasteiger charge is 2.38. The largest absolute Gasteiger partial charge is 0.433 e. The fourth-order valence-electron chi connectivity index (χ4n) is 4.21. The first-order valence-electron chi connectivity index (χ1n) is 9.89. The molecule has 0 unspecified atom stereocenters. The Bertz CT molecular complexity index is 1290. The normalized spacial score (nSPS) is 15.2. The molecule has 2 aromatic heterocycles. The van der Waals surface area contributed by atoms with Crippen LogP contribution in [-0.2, 0) is 6.18 Å². The van der Waals surface area contributed by atoms with Crippen molar-refractivity contribution in [1.29, 1.82) is 0 Å². The Morgan fingerprint density at radius 2 is 1.70 bits per heavy atom. The molecule has 1 N–H and O–H groups in total. The van der Waals surface area contributed by atoms with Gasteiger partial charge in [-0.1, -0.05) is 42.5 Å². The molecule has 30 heavy (non-hydrogen) atoms. The van der Waals surface area contributed by atoms with Crippen LogP contribution in [0.4, 0.5) is 19.0 Å². The van der Waals surface area contributed by atoms with Crippen molar-refractivity contribution in [1.82, 2.24) is 14.6 Å². The maximum Gasteiger partial charge on any atom is 0.433 e. The third kappa shape index (κ3) is 3.03. The van der Waals surface area contributed by atoms with Crippen molar-refractivity contribution in [3.63, 3.8) is 0 Å². The SMILES string of the molecule is O=c1cc(N2CCCCC2)nc2c(-c3cccc4ccccc34)c(C(F)(F)F)[nH]n12. The zero-order valence-corrected chi connectivity index (χ0v) is 16.0. The molecule has 0 saturated carbocycles. The van der Waals surface area contributed by atoms with Gasteiger partial charge in [-0.2, -0.15) is 13.2 Å². The Morgan fingerprint density at radius 1 is 0.967 bits per heavy atom. The summed E-state index contributed by atoms with van der Waals surface area (Å²) in [6.45, 7) is 1.48. The number of piperidine rings is 1. The van der Waals surface area contributed by atoms with Crippen molar-refractivity contribution in [3.05, 3.63) is 64.6 Å². The summed E-state index contributed by atoms with van der Waals surface area (Å²) < 4.78 is 42.8. The van der Waals surface area contributed by atoms with Gasteiger partial charge in [0.1, 0.15) is 11.5 Å². The highest BCUT2D eigenvalue weighted by atomic mass is 19.4. The third-order valence-corrected chi connectivity index (χ3v) is 5.62. The summed E-state index contributed by atoms with van der Waals surface area (Å²) in [5.74, 6) is 0.425. The highest BCUT2D eigenvalue weighted by molar-refractivity contribution is 6.00. The lowest BCUT2D eigenvalue weighted by Crippen LogP contribution is -2.31. The first-order chi connectivity index (χ1) is 14.4. The van der Waals surface area contributed by atoms with Crippen LogP contribution in [-0.4, -0.2) is 27.7 Å². The molecular weight excluding hydrogens is 393 g/mol. The van der Waals surface area contributed by atoms with Crippen LogP contribution in [0.15, 0.2) is 53.3 Å². The van der Waals surface area contributed by atoms with Crippen LogP contribution in [0.2, 0.25) is 0 Å². The Balaban J connectivity index is 1.84. The summed E-state index contributed by atoms with van der Waals surface area (Å²) in [6, 6.07) is 13.8. The predicted molar refractivity (Wildman–Crippen MR) is 110 cm³/mol. The van der Waals surface area contributed by atoms with Crippen molar-refractivity contribution in [2.45, 2.75) is 25.4 Å². The number of nitrogens with one attached hydrogen (secondary N) is 1. The first kappa shape index (κ1) is 18.7. The Morgan fingerprint density at radius 3 is 2.47 bits per heavy atom. The number of H-pyrrole nitrogens is 1. The standard InChI is InChI=1S/C22H19F3N4O/c23-22(24,25)20-19(16-10-6-8-14-7-2-3-9-15(14)16)21-26-17(13-18(30)29(21)27-20)28-11-4-1-5-12-28/h2-3,6-10,13,27H,1,4-5,11-12H2. The first-order valence-corrected chi connectivity index (χ1v) is 9.89. The van der Waals surface area contributed by atoms with Gasteiger partial charge in [0.15, 0.2) is 5.65 Å². The molecule has 154 valence electrons. The van der Waals surface area contributed by atoms with E-state index in [4.69, 9.17) is 0 Å². The highest BCUT2D eigenvalue weighted by Crippen LogP contribution is 2.40. The zero-order valence-electron chi connectivity index (χ0n) is 16.0. The number of hydrogen-bond donors (Lipinski definition) is 1. The van der Waals surface area contributed by atoms with Gasteiger partial charge in [0, 0.05) is 19.2 Å². The topological polar surface area (TPSA) is 53.4 Å². The third-order valence-electron chi connectivity index (χ3n) is 5.62. The van der Waals surface area contributed by atoms with Gasteiger partial charge in [-0.3, -0.25) is 9.89 Å². The summed E-state index contributed by atoms with van der Waals surface area (Å²) in [6.07, 6.45) is -1.63. The van der Waals surface area contributed by atoms with E-state index in [-0.39, 0.29) is 11.2 Å².